The Labute approximate surface area is 122 Å². The summed E-state index contributed by atoms with van der Waals surface area (Å²) in [5.74, 6) is -0.731. The van der Waals surface area contributed by atoms with Crippen molar-refractivity contribution in [3.05, 3.63) is 69.5 Å². The van der Waals surface area contributed by atoms with Crippen LogP contribution in [0.25, 0.3) is 0 Å². The van der Waals surface area contributed by atoms with Crippen molar-refractivity contribution in [2.45, 2.75) is 19.4 Å². The van der Waals surface area contributed by atoms with Crippen LogP contribution in [0.5, 0.6) is 0 Å². The molecule has 108 valence electrons. The molecule has 2 aromatic rings. The van der Waals surface area contributed by atoms with Crippen molar-refractivity contribution in [2.75, 3.05) is 11.4 Å². The fourth-order valence-corrected chi connectivity index (χ4v) is 2.81. The van der Waals surface area contributed by atoms with Gasteiger partial charge in [-0.1, -0.05) is 30.3 Å². The van der Waals surface area contributed by atoms with Crippen LogP contribution in [0.3, 0.4) is 0 Å². The molecule has 0 aliphatic carbocycles. The zero-order valence-electron chi connectivity index (χ0n) is 11.5. The second kappa shape index (κ2) is 5.52. The highest BCUT2D eigenvalue weighted by molar-refractivity contribution is 5.56. The Hall–Kier alpha value is -2.43. The summed E-state index contributed by atoms with van der Waals surface area (Å²) < 4.78 is 14.2. The average molecular weight is 286 g/mol. The molecule has 1 aliphatic rings. The smallest absolute Gasteiger partial charge is 0.305 e. The molecule has 21 heavy (non-hydrogen) atoms. The van der Waals surface area contributed by atoms with Gasteiger partial charge in [0, 0.05) is 30.4 Å². The van der Waals surface area contributed by atoms with Crippen LogP contribution in [0.15, 0.2) is 42.5 Å². The molecule has 0 amide bonds. The van der Waals surface area contributed by atoms with Gasteiger partial charge in [-0.3, -0.25) is 10.1 Å². The zero-order valence-corrected chi connectivity index (χ0v) is 11.5. The van der Waals surface area contributed by atoms with Gasteiger partial charge in [0.1, 0.15) is 0 Å². The van der Waals surface area contributed by atoms with Crippen molar-refractivity contribution in [2.24, 2.45) is 0 Å². The number of halogens is 1. The van der Waals surface area contributed by atoms with Gasteiger partial charge in [-0.2, -0.15) is 4.39 Å². The lowest BCUT2D eigenvalue weighted by molar-refractivity contribution is -0.387. The molecule has 0 atom stereocenters. The van der Waals surface area contributed by atoms with Crippen molar-refractivity contribution in [1.29, 1.82) is 0 Å². The van der Waals surface area contributed by atoms with E-state index in [0.717, 1.165) is 25.1 Å². The number of fused-ring (bicyclic) bond motifs is 1. The van der Waals surface area contributed by atoms with E-state index in [1.807, 2.05) is 18.2 Å². The summed E-state index contributed by atoms with van der Waals surface area (Å²) in [5, 5.41) is 10.8. The standard InChI is InChI=1S/C16H15FN2O2/c17-16-13(6-3-9-15(16)19(20)21)11-18-10-4-7-12-5-1-2-8-14(12)18/h1-3,5-6,8-9H,4,7,10-11H2. The summed E-state index contributed by atoms with van der Waals surface area (Å²) in [5.41, 5.74) is 2.24. The molecule has 0 radical (unpaired) electrons. The molecular weight excluding hydrogens is 271 g/mol. The molecule has 1 aliphatic heterocycles. The number of para-hydroxylation sites is 1. The Morgan fingerprint density at radius 2 is 2.00 bits per heavy atom. The van der Waals surface area contributed by atoms with Crippen LogP contribution in [0.4, 0.5) is 15.8 Å². The summed E-state index contributed by atoms with van der Waals surface area (Å²) in [7, 11) is 0. The summed E-state index contributed by atoms with van der Waals surface area (Å²) in [6.45, 7) is 1.18. The van der Waals surface area contributed by atoms with E-state index >= 15 is 0 Å². The van der Waals surface area contributed by atoms with E-state index < -0.39 is 16.4 Å². The van der Waals surface area contributed by atoms with Gasteiger partial charge in [0.2, 0.25) is 5.82 Å². The maximum absolute atomic E-state index is 14.2. The summed E-state index contributed by atoms with van der Waals surface area (Å²) >= 11 is 0. The SMILES string of the molecule is O=[N+]([O-])c1cccc(CN2CCCc3ccccc32)c1F. The molecule has 3 rings (SSSR count). The molecule has 0 spiro atoms. The Morgan fingerprint density at radius 1 is 1.19 bits per heavy atom. The van der Waals surface area contributed by atoms with Crippen molar-refractivity contribution < 1.29 is 9.31 Å². The minimum absolute atomic E-state index is 0.352. The van der Waals surface area contributed by atoms with Gasteiger partial charge in [-0.15, -0.1) is 0 Å². The Kier molecular flexibility index (Phi) is 3.56. The average Bonchev–Trinajstić information content (AvgIpc) is 2.49. The Balaban J connectivity index is 1.92. The van der Waals surface area contributed by atoms with E-state index in [9.17, 15) is 14.5 Å². The molecule has 1 heterocycles. The van der Waals surface area contributed by atoms with Crippen molar-refractivity contribution >= 4 is 11.4 Å². The molecule has 0 saturated carbocycles. The molecule has 4 nitrogen and oxygen atoms in total. The fourth-order valence-electron chi connectivity index (χ4n) is 2.81. The molecule has 2 aromatic carbocycles. The first-order chi connectivity index (χ1) is 10.2. The van der Waals surface area contributed by atoms with Gasteiger partial charge in [-0.05, 0) is 24.5 Å². The highest BCUT2D eigenvalue weighted by Gasteiger charge is 2.21. The van der Waals surface area contributed by atoms with Crippen LogP contribution in [0.2, 0.25) is 0 Å². The van der Waals surface area contributed by atoms with Crippen LogP contribution < -0.4 is 4.90 Å². The van der Waals surface area contributed by atoms with Gasteiger partial charge < -0.3 is 4.90 Å². The quantitative estimate of drug-likeness (QED) is 0.638. The predicted octanol–water partition coefficient (Wildman–Crippen LogP) is 3.69. The normalized spacial score (nSPS) is 13.9. The molecular formula is C16H15FN2O2. The maximum atomic E-state index is 14.2. The predicted molar refractivity (Wildman–Crippen MR) is 78.9 cm³/mol. The lowest BCUT2D eigenvalue weighted by Crippen LogP contribution is -2.29. The van der Waals surface area contributed by atoms with E-state index in [1.165, 1.54) is 17.7 Å². The third-order valence-corrected chi connectivity index (χ3v) is 3.82. The maximum Gasteiger partial charge on any atom is 0.305 e. The molecule has 0 bridgehead atoms. The first kappa shape index (κ1) is 13.5. The molecule has 5 heteroatoms. The zero-order chi connectivity index (χ0) is 14.8. The van der Waals surface area contributed by atoms with Crippen LogP contribution in [-0.4, -0.2) is 11.5 Å². The molecule has 0 N–H and O–H groups in total. The molecule has 0 fully saturated rings. The van der Waals surface area contributed by atoms with Crippen molar-refractivity contribution in [3.8, 4) is 0 Å². The lowest BCUT2D eigenvalue weighted by Gasteiger charge is -2.31. The minimum atomic E-state index is -0.731. The highest BCUT2D eigenvalue weighted by Crippen LogP contribution is 2.29. The van der Waals surface area contributed by atoms with Crippen molar-refractivity contribution in [3.63, 3.8) is 0 Å². The molecule has 0 unspecified atom stereocenters. The lowest BCUT2D eigenvalue weighted by atomic mass is 10.0. The Bertz CT molecular complexity index is 688. The third-order valence-electron chi connectivity index (χ3n) is 3.82. The van der Waals surface area contributed by atoms with Gasteiger partial charge >= 0.3 is 5.69 Å². The van der Waals surface area contributed by atoms with Crippen LogP contribution in [-0.2, 0) is 13.0 Å². The third kappa shape index (κ3) is 2.59. The fraction of sp³-hybridized carbons (Fsp3) is 0.250. The summed E-state index contributed by atoms with van der Waals surface area (Å²) in [4.78, 5) is 12.2. The van der Waals surface area contributed by atoms with E-state index in [2.05, 4.69) is 11.0 Å². The molecule has 0 aromatic heterocycles. The van der Waals surface area contributed by atoms with E-state index in [4.69, 9.17) is 0 Å². The topological polar surface area (TPSA) is 46.4 Å². The monoisotopic (exact) mass is 286 g/mol. The number of benzene rings is 2. The number of aryl methyl sites for hydroxylation is 1. The highest BCUT2D eigenvalue weighted by atomic mass is 19.1. The first-order valence-electron chi connectivity index (χ1n) is 6.91. The molecule has 0 saturated heterocycles. The van der Waals surface area contributed by atoms with E-state index in [0.29, 0.717) is 12.1 Å². The van der Waals surface area contributed by atoms with Crippen LogP contribution >= 0.6 is 0 Å². The number of hydrogen-bond acceptors (Lipinski definition) is 3. The number of nitro benzene ring substituents is 1. The van der Waals surface area contributed by atoms with E-state index in [-0.39, 0.29) is 0 Å². The first-order valence-corrected chi connectivity index (χ1v) is 6.91. The summed E-state index contributed by atoms with van der Waals surface area (Å²) in [6.07, 6.45) is 2.03. The second-order valence-corrected chi connectivity index (χ2v) is 5.16. The van der Waals surface area contributed by atoms with Crippen molar-refractivity contribution in [1.82, 2.24) is 0 Å². The second-order valence-electron chi connectivity index (χ2n) is 5.16. The van der Waals surface area contributed by atoms with E-state index in [1.54, 1.807) is 6.07 Å². The van der Waals surface area contributed by atoms with Crippen LogP contribution in [0, 0.1) is 15.9 Å². The number of nitro groups is 1. The van der Waals surface area contributed by atoms with Gasteiger partial charge in [0.15, 0.2) is 0 Å². The van der Waals surface area contributed by atoms with Gasteiger partial charge in [-0.25, -0.2) is 0 Å². The number of rotatable bonds is 3. The number of nitrogens with zero attached hydrogens (tertiary/aromatic N) is 2. The largest absolute Gasteiger partial charge is 0.367 e. The number of anilines is 1. The minimum Gasteiger partial charge on any atom is -0.367 e. The Morgan fingerprint density at radius 3 is 2.81 bits per heavy atom. The summed E-state index contributed by atoms with van der Waals surface area (Å²) in [6, 6.07) is 12.4. The number of hydrogen-bond donors (Lipinski definition) is 0. The van der Waals surface area contributed by atoms with Gasteiger partial charge in [0.25, 0.3) is 0 Å². The van der Waals surface area contributed by atoms with Crippen LogP contribution in [0.1, 0.15) is 17.5 Å². The van der Waals surface area contributed by atoms with Gasteiger partial charge in [0.05, 0.1) is 4.92 Å².